The number of rotatable bonds is 4. The SMILES string of the molecule is COC(=O)N(c1cc(F)nc(F)c1)c1nc(C(=O)NC2CCC2(C)C)c(C)s1. The van der Waals surface area contributed by atoms with E-state index in [1.807, 2.05) is 0 Å². The van der Waals surface area contributed by atoms with E-state index in [1.54, 1.807) is 6.92 Å². The number of ether oxygens (including phenoxy) is 1. The highest BCUT2D eigenvalue weighted by Gasteiger charge is 2.40. The van der Waals surface area contributed by atoms with E-state index >= 15 is 0 Å². The molecule has 1 saturated carbocycles. The van der Waals surface area contributed by atoms with Crippen LogP contribution in [0.1, 0.15) is 42.1 Å². The summed E-state index contributed by atoms with van der Waals surface area (Å²) in [6, 6.07) is 1.81. The highest BCUT2D eigenvalue weighted by atomic mass is 32.1. The Hall–Kier alpha value is -2.62. The van der Waals surface area contributed by atoms with Gasteiger partial charge in [0.25, 0.3) is 5.91 Å². The number of nitrogens with one attached hydrogen (secondary N) is 1. The van der Waals surface area contributed by atoms with E-state index in [-0.39, 0.29) is 33.9 Å². The first-order chi connectivity index (χ1) is 13.1. The fraction of sp³-hybridized carbons (Fsp3) is 0.444. The molecule has 150 valence electrons. The fourth-order valence-corrected chi connectivity index (χ4v) is 3.93. The van der Waals surface area contributed by atoms with Gasteiger partial charge in [-0.3, -0.25) is 4.79 Å². The van der Waals surface area contributed by atoms with E-state index in [4.69, 9.17) is 4.74 Å². The molecule has 28 heavy (non-hydrogen) atoms. The Morgan fingerprint density at radius 3 is 2.43 bits per heavy atom. The van der Waals surface area contributed by atoms with Gasteiger partial charge in [0.05, 0.1) is 12.8 Å². The molecule has 10 heteroatoms. The molecule has 0 bridgehead atoms. The molecule has 7 nitrogen and oxygen atoms in total. The molecule has 0 radical (unpaired) electrons. The maximum Gasteiger partial charge on any atom is 0.420 e. The van der Waals surface area contributed by atoms with Gasteiger partial charge in [0.1, 0.15) is 5.69 Å². The molecule has 1 unspecified atom stereocenters. The summed E-state index contributed by atoms with van der Waals surface area (Å²) >= 11 is 1.04. The Bertz CT molecular complexity index is 911. The number of carbonyl (C=O) groups excluding carboxylic acids is 2. The van der Waals surface area contributed by atoms with Crippen LogP contribution >= 0.6 is 11.3 Å². The van der Waals surface area contributed by atoms with Crippen LogP contribution in [-0.4, -0.2) is 35.1 Å². The van der Waals surface area contributed by atoms with Crippen molar-refractivity contribution < 1.29 is 23.1 Å². The predicted molar refractivity (Wildman–Crippen MR) is 99.8 cm³/mol. The number of aryl methyl sites for hydroxylation is 1. The summed E-state index contributed by atoms with van der Waals surface area (Å²) in [6.07, 6.45) is 1.01. The highest BCUT2D eigenvalue weighted by molar-refractivity contribution is 7.16. The number of amides is 2. The lowest BCUT2D eigenvalue weighted by Crippen LogP contribution is -2.52. The molecule has 0 saturated heterocycles. The van der Waals surface area contributed by atoms with E-state index in [0.717, 1.165) is 48.3 Å². The third-order valence-electron chi connectivity index (χ3n) is 4.88. The summed E-state index contributed by atoms with van der Waals surface area (Å²) in [4.78, 5) is 33.6. The summed E-state index contributed by atoms with van der Waals surface area (Å²) in [5, 5.41) is 3.02. The number of halogens is 2. The zero-order valence-corrected chi connectivity index (χ0v) is 16.7. The van der Waals surface area contributed by atoms with E-state index in [9.17, 15) is 18.4 Å². The molecule has 1 atom stereocenters. The van der Waals surface area contributed by atoms with Crippen molar-refractivity contribution in [2.75, 3.05) is 12.0 Å². The first-order valence-corrected chi connectivity index (χ1v) is 9.43. The quantitative estimate of drug-likeness (QED) is 0.772. The summed E-state index contributed by atoms with van der Waals surface area (Å²) in [6.45, 7) is 5.84. The highest BCUT2D eigenvalue weighted by Crippen LogP contribution is 2.40. The van der Waals surface area contributed by atoms with E-state index in [0.29, 0.717) is 4.88 Å². The van der Waals surface area contributed by atoms with Crippen molar-refractivity contribution >= 4 is 34.2 Å². The van der Waals surface area contributed by atoms with E-state index in [2.05, 4.69) is 29.1 Å². The summed E-state index contributed by atoms with van der Waals surface area (Å²) in [7, 11) is 1.13. The van der Waals surface area contributed by atoms with Gasteiger partial charge in [-0.15, -0.1) is 11.3 Å². The Morgan fingerprint density at radius 1 is 1.29 bits per heavy atom. The lowest BCUT2D eigenvalue weighted by Gasteiger charge is -2.44. The van der Waals surface area contributed by atoms with Gasteiger partial charge < -0.3 is 10.1 Å². The molecular weight excluding hydrogens is 390 g/mol. The molecule has 1 aliphatic rings. The van der Waals surface area contributed by atoms with Crippen LogP contribution < -0.4 is 10.2 Å². The van der Waals surface area contributed by atoms with Gasteiger partial charge in [-0.05, 0) is 25.2 Å². The number of hydrogen-bond acceptors (Lipinski definition) is 6. The topological polar surface area (TPSA) is 84.4 Å². The summed E-state index contributed by atoms with van der Waals surface area (Å²) in [5.41, 5.74) is 0.0383. The van der Waals surface area contributed by atoms with Crippen molar-refractivity contribution in [2.45, 2.75) is 39.7 Å². The van der Waals surface area contributed by atoms with Crippen molar-refractivity contribution in [3.8, 4) is 0 Å². The third kappa shape index (κ3) is 3.82. The molecule has 1 N–H and O–H groups in total. The monoisotopic (exact) mass is 410 g/mol. The van der Waals surface area contributed by atoms with Crippen molar-refractivity contribution in [2.24, 2.45) is 5.41 Å². The Balaban J connectivity index is 1.93. The van der Waals surface area contributed by atoms with Gasteiger partial charge >= 0.3 is 6.09 Å². The molecule has 2 aromatic heterocycles. The Labute approximate surface area is 164 Å². The number of thiazole rings is 1. The van der Waals surface area contributed by atoms with E-state index < -0.39 is 18.0 Å². The number of aromatic nitrogens is 2. The minimum Gasteiger partial charge on any atom is -0.452 e. The Morgan fingerprint density at radius 2 is 1.93 bits per heavy atom. The number of nitrogens with zero attached hydrogens (tertiary/aromatic N) is 3. The second-order valence-corrected chi connectivity index (χ2v) is 8.41. The molecule has 1 fully saturated rings. The molecular formula is C18H20F2N4O3S. The van der Waals surface area contributed by atoms with Gasteiger partial charge in [0.2, 0.25) is 17.0 Å². The van der Waals surface area contributed by atoms with Gasteiger partial charge in [-0.1, -0.05) is 13.8 Å². The van der Waals surface area contributed by atoms with Crippen molar-refractivity contribution in [3.05, 3.63) is 34.6 Å². The predicted octanol–water partition coefficient (Wildman–Crippen LogP) is 3.95. The number of pyridine rings is 1. The van der Waals surface area contributed by atoms with Crippen LogP contribution in [0.3, 0.4) is 0 Å². The zero-order chi connectivity index (χ0) is 20.6. The minimum atomic E-state index is -1.10. The maximum atomic E-state index is 13.5. The molecule has 0 aromatic carbocycles. The Kier molecular flexibility index (Phi) is 5.33. The lowest BCUT2D eigenvalue weighted by atomic mass is 9.67. The van der Waals surface area contributed by atoms with E-state index in [1.165, 1.54) is 0 Å². The van der Waals surface area contributed by atoms with Crippen molar-refractivity contribution in [1.82, 2.24) is 15.3 Å². The van der Waals surface area contributed by atoms with Crippen molar-refractivity contribution in [3.63, 3.8) is 0 Å². The van der Waals surface area contributed by atoms with Gasteiger partial charge in [-0.2, -0.15) is 13.8 Å². The molecule has 2 amide bonds. The van der Waals surface area contributed by atoms with Gasteiger partial charge in [-0.25, -0.2) is 14.7 Å². The van der Waals surface area contributed by atoms with Crippen molar-refractivity contribution in [1.29, 1.82) is 0 Å². The summed E-state index contributed by atoms with van der Waals surface area (Å²) < 4.78 is 31.8. The van der Waals surface area contributed by atoms with Crippen LogP contribution in [0.2, 0.25) is 0 Å². The van der Waals surface area contributed by atoms with Crippen LogP contribution in [0.15, 0.2) is 12.1 Å². The number of hydrogen-bond donors (Lipinski definition) is 1. The molecule has 2 heterocycles. The normalized spacial score (nSPS) is 17.6. The average Bonchev–Trinajstić information content (AvgIpc) is 2.99. The molecule has 0 aliphatic heterocycles. The van der Waals surface area contributed by atoms with Crippen LogP contribution in [0.5, 0.6) is 0 Å². The maximum absolute atomic E-state index is 13.5. The van der Waals surface area contributed by atoms with Gasteiger partial charge in [0, 0.05) is 23.1 Å². The second kappa shape index (κ2) is 7.42. The lowest BCUT2D eigenvalue weighted by molar-refractivity contribution is 0.0728. The molecule has 2 aromatic rings. The molecule has 1 aliphatic carbocycles. The first-order valence-electron chi connectivity index (χ1n) is 8.62. The number of methoxy groups -OCH3 is 1. The number of carbonyl (C=O) groups is 2. The summed E-state index contributed by atoms with van der Waals surface area (Å²) in [5.74, 6) is -2.54. The second-order valence-electron chi connectivity index (χ2n) is 7.23. The number of anilines is 2. The van der Waals surface area contributed by atoms with Crippen LogP contribution in [0.25, 0.3) is 0 Å². The molecule has 0 spiro atoms. The first kappa shape index (κ1) is 20.1. The van der Waals surface area contributed by atoms with Crippen LogP contribution in [0, 0.1) is 24.2 Å². The van der Waals surface area contributed by atoms with Crippen LogP contribution in [-0.2, 0) is 4.74 Å². The third-order valence-corrected chi connectivity index (χ3v) is 5.84. The average molecular weight is 410 g/mol. The smallest absolute Gasteiger partial charge is 0.420 e. The van der Waals surface area contributed by atoms with Gasteiger partial charge in [0.15, 0.2) is 0 Å². The zero-order valence-electron chi connectivity index (χ0n) is 15.9. The van der Waals surface area contributed by atoms with Crippen LogP contribution in [0.4, 0.5) is 24.4 Å². The fourth-order valence-electron chi connectivity index (χ4n) is 3.02. The minimum absolute atomic E-state index is 0.0204. The molecule has 3 rings (SSSR count). The standard InChI is InChI=1S/C18H20F2N4O3S/c1-9-14(15(25)21-11-5-6-18(11,2)3)23-16(28-9)24(17(26)27-4)10-7-12(19)22-13(20)8-10/h7-8,11H,5-6H2,1-4H3,(H,21,25). The largest absolute Gasteiger partial charge is 0.452 e.